The molecule has 0 amide bonds. The van der Waals surface area contributed by atoms with Gasteiger partial charge >= 0.3 is 0 Å². The van der Waals surface area contributed by atoms with E-state index in [1.165, 1.54) is 12.1 Å². The maximum atomic E-state index is 11.0. The Balaban J connectivity index is 2.33. The molecule has 2 aromatic rings. The molecular formula is C13H16N4O2S. The van der Waals surface area contributed by atoms with Gasteiger partial charge in [0.25, 0.3) is 5.69 Å². The normalized spacial score (nSPS) is 11.2. The molecule has 0 saturated carbocycles. The van der Waals surface area contributed by atoms with Crippen LogP contribution in [-0.2, 0) is 5.54 Å². The van der Waals surface area contributed by atoms with E-state index >= 15 is 0 Å². The zero-order valence-corrected chi connectivity index (χ0v) is 12.3. The van der Waals surface area contributed by atoms with Crippen LogP contribution in [0.2, 0.25) is 0 Å². The first-order chi connectivity index (χ1) is 9.42. The fraction of sp³-hybridized carbons (Fsp3) is 0.308. The number of thiazole rings is 1. The predicted octanol–water partition coefficient (Wildman–Crippen LogP) is 3.44. The van der Waals surface area contributed by atoms with Gasteiger partial charge in [0.15, 0.2) is 0 Å². The van der Waals surface area contributed by atoms with Gasteiger partial charge < -0.3 is 10.6 Å². The van der Waals surface area contributed by atoms with Crippen molar-refractivity contribution in [1.29, 1.82) is 0 Å². The van der Waals surface area contributed by atoms with Crippen LogP contribution < -0.4 is 10.6 Å². The highest BCUT2D eigenvalue weighted by Crippen LogP contribution is 2.30. The summed E-state index contributed by atoms with van der Waals surface area (Å²) in [6, 6.07) is 4.86. The Morgan fingerprint density at radius 3 is 2.55 bits per heavy atom. The number of nitro benzene ring substituents is 1. The molecule has 0 aliphatic rings. The van der Waals surface area contributed by atoms with E-state index in [0.29, 0.717) is 11.4 Å². The first-order valence-electron chi connectivity index (χ1n) is 6.08. The molecule has 0 unspecified atom stereocenters. The second kappa shape index (κ2) is 5.46. The van der Waals surface area contributed by atoms with E-state index in [2.05, 4.69) is 15.6 Å². The van der Waals surface area contributed by atoms with Crippen molar-refractivity contribution in [3.8, 4) is 0 Å². The highest BCUT2D eigenvalue weighted by molar-refractivity contribution is 7.09. The van der Waals surface area contributed by atoms with Crippen LogP contribution in [0.1, 0.15) is 18.9 Å². The van der Waals surface area contributed by atoms with Gasteiger partial charge in [-0.1, -0.05) is 0 Å². The molecule has 20 heavy (non-hydrogen) atoms. The lowest BCUT2D eigenvalue weighted by Gasteiger charge is -2.25. The third kappa shape index (κ3) is 3.05. The van der Waals surface area contributed by atoms with Gasteiger partial charge in [0, 0.05) is 42.1 Å². The zero-order chi connectivity index (χ0) is 14.8. The summed E-state index contributed by atoms with van der Waals surface area (Å²) in [5.74, 6) is 0. The molecule has 106 valence electrons. The smallest absolute Gasteiger partial charge is 0.273 e. The maximum absolute atomic E-state index is 11.0. The van der Waals surface area contributed by atoms with E-state index in [1.807, 2.05) is 25.3 Å². The topological polar surface area (TPSA) is 80.1 Å². The molecule has 0 bridgehead atoms. The average molecular weight is 292 g/mol. The summed E-state index contributed by atoms with van der Waals surface area (Å²) in [5, 5.41) is 20.0. The van der Waals surface area contributed by atoms with Crippen LogP contribution in [-0.4, -0.2) is 17.0 Å². The van der Waals surface area contributed by atoms with Crippen LogP contribution in [0, 0.1) is 10.1 Å². The number of nitrogens with one attached hydrogen (secondary N) is 2. The van der Waals surface area contributed by atoms with Crippen molar-refractivity contribution >= 4 is 28.4 Å². The van der Waals surface area contributed by atoms with E-state index in [4.69, 9.17) is 0 Å². The highest BCUT2D eigenvalue weighted by atomic mass is 32.1. The van der Waals surface area contributed by atoms with E-state index in [-0.39, 0.29) is 5.69 Å². The fourth-order valence-electron chi connectivity index (χ4n) is 1.88. The molecule has 0 aliphatic carbocycles. The number of nitrogens with zero attached hydrogens (tertiary/aromatic N) is 2. The lowest BCUT2D eigenvalue weighted by atomic mass is 10.1. The number of rotatable bonds is 5. The molecule has 0 fully saturated rings. The third-order valence-electron chi connectivity index (χ3n) is 2.84. The van der Waals surface area contributed by atoms with Gasteiger partial charge in [0.2, 0.25) is 0 Å². The van der Waals surface area contributed by atoms with Crippen molar-refractivity contribution in [3.05, 3.63) is 44.9 Å². The van der Waals surface area contributed by atoms with Crippen LogP contribution in [0.5, 0.6) is 0 Å². The predicted molar refractivity (Wildman–Crippen MR) is 81.4 cm³/mol. The van der Waals surface area contributed by atoms with Gasteiger partial charge in [-0.15, -0.1) is 11.3 Å². The number of anilines is 2. The summed E-state index contributed by atoms with van der Waals surface area (Å²) >= 11 is 1.55. The molecule has 7 heteroatoms. The van der Waals surface area contributed by atoms with Crippen LogP contribution in [0.25, 0.3) is 0 Å². The van der Waals surface area contributed by atoms with E-state index in [9.17, 15) is 10.1 Å². The summed E-state index contributed by atoms with van der Waals surface area (Å²) in [6.45, 7) is 3.98. The summed E-state index contributed by atoms with van der Waals surface area (Å²) in [5.41, 5.74) is 1.03. The highest BCUT2D eigenvalue weighted by Gasteiger charge is 2.24. The Hall–Kier alpha value is -2.15. The van der Waals surface area contributed by atoms with Gasteiger partial charge in [-0.3, -0.25) is 10.1 Å². The van der Waals surface area contributed by atoms with Crippen LogP contribution in [0.4, 0.5) is 17.1 Å². The maximum Gasteiger partial charge on any atom is 0.273 e. The fourth-order valence-corrected chi connectivity index (χ4v) is 2.60. The van der Waals surface area contributed by atoms with Gasteiger partial charge in [0.05, 0.1) is 10.5 Å². The van der Waals surface area contributed by atoms with Crippen molar-refractivity contribution in [2.45, 2.75) is 19.4 Å². The SMILES string of the molecule is CNc1cc(NC(C)(C)c2nccs2)cc([N+](=O)[O-])c1. The minimum Gasteiger partial charge on any atom is -0.388 e. The van der Waals surface area contributed by atoms with Crippen LogP contribution in [0.15, 0.2) is 29.8 Å². The summed E-state index contributed by atoms with van der Waals surface area (Å²) < 4.78 is 0. The molecule has 1 aromatic heterocycles. The minimum atomic E-state index is -0.400. The first-order valence-corrected chi connectivity index (χ1v) is 6.96. The molecule has 0 spiro atoms. The summed E-state index contributed by atoms with van der Waals surface area (Å²) in [7, 11) is 1.73. The second-order valence-electron chi connectivity index (χ2n) is 4.86. The number of benzene rings is 1. The van der Waals surface area contributed by atoms with Gasteiger partial charge in [-0.2, -0.15) is 0 Å². The van der Waals surface area contributed by atoms with Crippen LogP contribution >= 0.6 is 11.3 Å². The Labute approximate surface area is 121 Å². The average Bonchev–Trinajstić information content (AvgIpc) is 2.92. The largest absolute Gasteiger partial charge is 0.388 e. The Morgan fingerprint density at radius 1 is 1.30 bits per heavy atom. The Kier molecular flexibility index (Phi) is 3.89. The van der Waals surface area contributed by atoms with Crippen molar-refractivity contribution < 1.29 is 4.92 Å². The number of non-ortho nitro benzene ring substituents is 1. The third-order valence-corrected chi connectivity index (χ3v) is 3.94. The Bertz CT molecular complexity index is 611. The standard InChI is InChI=1S/C13H16N4O2S/c1-13(2,12-15-4-5-20-12)16-10-6-9(14-3)7-11(8-10)17(18)19/h4-8,14,16H,1-3H3. The quantitative estimate of drug-likeness (QED) is 0.652. The van der Waals surface area contributed by atoms with E-state index in [1.54, 1.807) is 24.6 Å². The molecule has 6 nitrogen and oxygen atoms in total. The summed E-state index contributed by atoms with van der Waals surface area (Å²) in [6.07, 6.45) is 1.75. The molecule has 1 heterocycles. The van der Waals surface area contributed by atoms with Crippen molar-refractivity contribution in [1.82, 2.24) is 4.98 Å². The minimum absolute atomic E-state index is 0.0503. The van der Waals surface area contributed by atoms with Crippen LogP contribution in [0.3, 0.4) is 0 Å². The summed E-state index contributed by atoms with van der Waals surface area (Å²) in [4.78, 5) is 14.8. The van der Waals surface area contributed by atoms with Gasteiger partial charge in [-0.25, -0.2) is 4.98 Å². The monoisotopic (exact) mass is 292 g/mol. The Morgan fingerprint density at radius 2 is 2.00 bits per heavy atom. The van der Waals surface area contributed by atoms with Crippen molar-refractivity contribution in [3.63, 3.8) is 0 Å². The first kappa shape index (κ1) is 14.3. The molecule has 0 radical (unpaired) electrons. The van der Waals surface area contributed by atoms with Crippen molar-refractivity contribution in [2.24, 2.45) is 0 Å². The van der Waals surface area contributed by atoms with Crippen molar-refractivity contribution in [2.75, 3.05) is 17.7 Å². The molecule has 0 aliphatic heterocycles. The number of hydrogen-bond donors (Lipinski definition) is 2. The molecule has 0 saturated heterocycles. The number of nitro groups is 1. The molecule has 1 aromatic carbocycles. The number of hydrogen-bond acceptors (Lipinski definition) is 6. The molecular weight excluding hydrogens is 276 g/mol. The molecule has 2 rings (SSSR count). The van der Waals surface area contributed by atoms with E-state index < -0.39 is 10.5 Å². The zero-order valence-electron chi connectivity index (χ0n) is 11.5. The van der Waals surface area contributed by atoms with Gasteiger partial charge in [0.1, 0.15) is 5.01 Å². The number of aromatic nitrogens is 1. The lowest BCUT2D eigenvalue weighted by molar-refractivity contribution is -0.384. The van der Waals surface area contributed by atoms with E-state index in [0.717, 1.165) is 5.01 Å². The molecule has 0 atom stereocenters. The second-order valence-corrected chi connectivity index (χ2v) is 5.76. The van der Waals surface area contributed by atoms with Gasteiger partial charge in [-0.05, 0) is 19.9 Å². The lowest BCUT2D eigenvalue weighted by Crippen LogP contribution is -2.27. The molecule has 2 N–H and O–H groups in total.